The second kappa shape index (κ2) is 8.87. The molecule has 3 heterocycles. The summed E-state index contributed by atoms with van der Waals surface area (Å²) in [6.07, 6.45) is 0. The molecule has 0 atom stereocenters. The second-order valence-corrected chi connectivity index (χ2v) is 10.9. The van der Waals surface area contributed by atoms with Gasteiger partial charge in [0.05, 0.1) is 22.4 Å². The first-order chi connectivity index (χ1) is 19.3. The van der Waals surface area contributed by atoms with Crippen LogP contribution < -0.4 is 0 Å². The lowest BCUT2D eigenvalue weighted by Crippen LogP contribution is -1.92. The number of fused-ring (bicyclic) bond motifs is 6. The first kappa shape index (κ1) is 22.2. The molecule has 0 saturated carbocycles. The van der Waals surface area contributed by atoms with E-state index in [0.29, 0.717) is 0 Å². The summed E-state index contributed by atoms with van der Waals surface area (Å²) in [4.78, 5) is 10.3. The van der Waals surface area contributed by atoms with E-state index in [4.69, 9.17) is 9.97 Å². The summed E-state index contributed by atoms with van der Waals surface area (Å²) in [5.74, 6) is 0. The van der Waals surface area contributed by atoms with Crippen molar-refractivity contribution in [3.05, 3.63) is 133 Å². The fourth-order valence-corrected chi connectivity index (χ4v) is 6.68. The molecular weight excluding hydrogens is 492 g/mol. The largest absolute Gasteiger partial charge is 0.245 e. The highest BCUT2D eigenvalue weighted by atomic mass is 32.1. The number of nitrogens with zero attached hydrogens (tertiary/aromatic N) is 2. The molecule has 182 valence electrons. The van der Waals surface area contributed by atoms with Crippen LogP contribution in [0.1, 0.15) is 0 Å². The number of thiophene rings is 1. The molecule has 2 nitrogen and oxygen atoms in total. The lowest BCUT2D eigenvalue weighted by Gasteiger charge is -2.12. The minimum atomic E-state index is 0.928. The predicted octanol–water partition coefficient (Wildman–Crippen LogP) is 10.2. The van der Waals surface area contributed by atoms with Gasteiger partial charge in [0.25, 0.3) is 0 Å². The Morgan fingerprint density at radius 3 is 1.85 bits per heavy atom. The quantitative estimate of drug-likeness (QED) is 0.219. The van der Waals surface area contributed by atoms with E-state index in [0.717, 1.165) is 44.3 Å². The van der Waals surface area contributed by atoms with Gasteiger partial charge in [0.1, 0.15) is 0 Å². The van der Waals surface area contributed by atoms with Crippen LogP contribution >= 0.6 is 11.3 Å². The van der Waals surface area contributed by atoms with Crippen LogP contribution in [0, 0.1) is 0 Å². The van der Waals surface area contributed by atoms with Crippen molar-refractivity contribution < 1.29 is 0 Å². The number of rotatable bonds is 3. The smallest absolute Gasteiger partial charge is 0.0972 e. The van der Waals surface area contributed by atoms with Gasteiger partial charge in [-0.15, -0.1) is 11.3 Å². The molecule has 0 radical (unpaired) electrons. The van der Waals surface area contributed by atoms with Crippen LogP contribution in [0.3, 0.4) is 0 Å². The maximum Gasteiger partial charge on any atom is 0.0972 e. The van der Waals surface area contributed by atoms with E-state index in [9.17, 15) is 0 Å². The summed E-state index contributed by atoms with van der Waals surface area (Å²) in [7, 11) is 0. The van der Waals surface area contributed by atoms with Gasteiger partial charge in [-0.2, -0.15) is 0 Å². The molecule has 0 unspecified atom stereocenters. The molecule has 0 aliphatic rings. The zero-order valence-corrected chi connectivity index (χ0v) is 21.8. The molecule has 0 N–H and O–H groups in total. The van der Waals surface area contributed by atoms with Crippen molar-refractivity contribution in [1.82, 2.24) is 9.97 Å². The maximum absolute atomic E-state index is 5.23. The Morgan fingerprint density at radius 1 is 0.410 bits per heavy atom. The van der Waals surface area contributed by atoms with Gasteiger partial charge in [0.2, 0.25) is 0 Å². The Hall–Kier alpha value is -4.86. The van der Waals surface area contributed by atoms with Crippen LogP contribution in [-0.4, -0.2) is 9.97 Å². The van der Waals surface area contributed by atoms with E-state index in [1.54, 1.807) is 0 Å². The summed E-state index contributed by atoms with van der Waals surface area (Å²) < 4.78 is 2.63. The van der Waals surface area contributed by atoms with Gasteiger partial charge in [0, 0.05) is 42.1 Å². The zero-order valence-electron chi connectivity index (χ0n) is 21.0. The van der Waals surface area contributed by atoms with Gasteiger partial charge in [0.15, 0.2) is 0 Å². The van der Waals surface area contributed by atoms with Crippen LogP contribution in [0.4, 0.5) is 0 Å². The van der Waals surface area contributed by atoms with Crippen molar-refractivity contribution in [2.24, 2.45) is 0 Å². The first-order valence-corrected chi connectivity index (χ1v) is 13.9. The molecule has 8 rings (SSSR count). The normalized spacial score (nSPS) is 11.6. The molecule has 0 fully saturated rings. The fourth-order valence-electron chi connectivity index (χ4n) is 5.54. The van der Waals surface area contributed by atoms with Crippen molar-refractivity contribution in [3.63, 3.8) is 0 Å². The Bertz CT molecular complexity index is 2180. The molecule has 5 aromatic carbocycles. The Morgan fingerprint density at radius 2 is 1.03 bits per heavy atom. The molecule has 0 amide bonds. The second-order valence-electron chi connectivity index (χ2n) is 9.82. The van der Waals surface area contributed by atoms with Crippen LogP contribution in [0.5, 0.6) is 0 Å². The van der Waals surface area contributed by atoms with Crippen LogP contribution in [0.2, 0.25) is 0 Å². The minimum absolute atomic E-state index is 0.928. The van der Waals surface area contributed by atoms with Gasteiger partial charge in [-0.1, -0.05) is 109 Å². The van der Waals surface area contributed by atoms with Gasteiger partial charge < -0.3 is 0 Å². The molecule has 3 aromatic heterocycles. The van der Waals surface area contributed by atoms with Crippen molar-refractivity contribution >= 4 is 53.3 Å². The summed E-state index contributed by atoms with van der Waals surface area (Å²) in [5.41, 5.74) is 8.38. The summed E-state index contributed by atoms with van der Waals surface area (Å²) in [6, 6.07) is 47.2. The van der Waals surface area contributed by atoms with Crippen molar-refractivity contribution in [3.8, 4) is 33.6 Å². The average molecular weight is 515 g/mol. The third kappa shape index (κ3) is 3.70. The summed E-state index contributed by atoms with van der Waals surface area (Å²) >= 11 is 1.85. The third-order valence-corrected chi connectivity index (χ3v) is 8.62. The summed E-state index contributed by atoms with van der Waals surface area (Å²) in [6.45, 7) is 0. The standard InChI is InChI=1S/C36H22N2S/c1-2-8-23(9-3-1)31-20-17-24-14-15-25-18-21-32(38-36(25)35(24)37-31)28-11-5-4-10-27(28)26-16-19-30-29-12-6-7-13-33(29)39-34(30)22-26/h1-22H. The fraction of sp³-hybridized carbons (Fsp3) is 0. The highest BCUT2D eigenvalue weighted by Crippen LogP contribution is 2.39. The molecule has 8 aromatic rings. The van der Waals surface area contributed by atoms with Crippen molar-refractivity contribution in [1.29, 1.82) is 0 Å². The number of hydrogen-bond acceptors (Lipinski definition) is 3. The monoisotopic (exact) mass is 514 g/mol. The van der Waals surface area contributed by atoms with Gasteiger partial charge in [-0.25, -0.2) is 9.97 Å². The van der Waals surface area contributed by atoms with Crippen LogP contribution in [0.15, 0.2) is 133 Å². The lowest BCUT2D eigenvalue weighted by atomic mass is 9.96. The first-order valence-electron chi connectivity index (χ1n) is 13.1. The molecular formula is C36H22N2S. The molecule has 0 aliphatic heterocycles. The van der Waals surface area contributed by atoms with Gasteiger partial charge in [-0.05, 0) is 35.4 Å². The number of benzene rings is 5. The average Bonchev–Trinajstić information content (AvgIpc) is 3.39. The molecule has 0 saturated heterocycles. The number of aromatic nitrogens is 2. The highest BCUT2D eigenvalue weighted by Gasteiger charge is 2.13. The van der Waals surface area contributed by atoms with E-state index in [2.05, 4.69) is 115 Å². The van der Waals surface area contributed by atoms with E-state index >= 15 is 0 Å². The van der Waals surface area contributed by atoms with Crippen LogP contribution in [0.25, 0.3) is 75.6 Å². The number of pyridine rings is 2. The Balaban J connectivity index is 1.30. The molecule has 0 aliphatic carbocycles. The van der Waals surface area contributed by atoms with Crippen molar-refractivity contribution in [2.45, 2.75) is 0 Å². The third-order valence-electron chi connectivity index (χ3n) is 7.48. The topological polar surface area (TPSA) is 25.8 Å². The Labute approximate surface area is 229 Å². The van der Waals surface area contributed by atoms with Gasteiger partial charge in [-0.3, -0.25) is 0 Å². The molecule has 3 heteroatoms. The Kier molecular flexibility index (Phi) is 5.04. The van der Waals surface area contributed by atoms with Crippen LogP contribution in [-0.2, 0) is 0 Å². The van der Waals surface area contributed by atoms with E-state index in [-0.39, 0.29) is 0 Å². The van der Waals surface area contributed by atoms with Gasteiger partial charge >= 0.3 is 0 Å². The van der Waals surface area contributed by atoms with E-state index in [1.165, 1.54) is 31.3 Å². The summed E-state index contributed by atoms with van der Waals surface area (Å²) in [5, 5.41) is 4.82. The zero-order chi connectivity index (χ0) is 25.8. The van der Waals surface area contributed by atoms with E-state index < -0.39 is 0 Å². The highest BCUT2D eigenvalue weighted by molar-refractivity contribution is 7.25. The molecule has 39 heavy (non-hydrogen) atoms. The SMILES string of the molecule is c1ccc(-c2ccc3ccc4ccc(-c5ccccc5-c5ccc6c(c5)sc5ccccc56)nc4c3n2)cc1. The maximum atomic E-state index is 5.23. The number of hydrogen-bond donors (Lipinski definition) is 0. The predicted molar refractivity (Wildman–Crippen MR) is 166 cm³/mol. The molecule has 0 bridgehead atoms. The van der Waals surface area contributed by atoms with Crippen molar-refractivity contribution in [2.75, 3.05) is 0 Å². The van der Waals surface area contributed by atoms with E-state index in [1.807, 2.05) is 29.5 Å². The minimum Gasteiger partial charge on any atom is -0.245 e. The lowest BCUT2D eigenvalue weighted by molar-refractivity contribution is 1.36. The molecule has 0 spiro atoms.